The van der Waals surface area contributed by atoms with E-state index in [0.29, 0.717) is 23.7 Å². The molecule has 0 bridgehead atoms. The van der Waals surface area contributed by atoms with Gasteiger partial charge in [-0.15, -0.1) is 0 Å². The van der Waals surface area contributed by atoms with Crippen LogP contribution >= 0.6 is 11.6 Å². The Kier molecular flexibility index (Phi) is 6.99. The van der Waals surface area contributed by atoms with Crippen molar-refractivity contribution in [1.82, 2.24) is 5.32 Å². The van der Waals surface area contributed by atoms with Crippen molar-refractivity contribution in [3.8, 4) is 5.75 Å². The number of carbonyl (C=O) groups excluding carboxylic acids is 1. The van der Waals surface area contributed by atoms with E-state index in [2.05, 4.69) is 34.5 Å². The van der Waals surface area contributed by atoms with Gasteiger partial charge in [-0.3, -0.25) is 4.79 Å². The maximum Gasteiger partial charge on any atom is 0.261 e. The number of benzene rings is 2. The van der Waals surface area contributed by atoms with Crippen LogP contribution in [0.3, 0.4) is 0 Å². The number of carbonyl (C=O) groups is 1. The molecule has 2 aromatic carbocycles. The fourth-order valence-corrected chi connectivity index (χ4v) is 3.41. The fourth-order valence-electron chi connectivity index (χ4n) is 3.28. The van der Waals surface area contributed by atoms with Gasteiger partial charge in [-0.05, 0) is 67.6 Å². The molecule has 0 aromatic heterocycles. The number of amides is 1. The summed E-state index contributed by atoms with van der Waals surface area (Å²) in [6.45, 7) is 4.71. The summed E-state index contributed by atoms with van der Waals surface area (Å²) in [5, 5.41) is 3.62. The van der Waals surface area contributed by atoms with Crippen LogP contribution in [-0.2, 0) is 11.3 Å². The van der Waals surface area contributed by atoms with Crippen molar-refractivity contribution in [2.45, 2.75) is 45.3 Å². The number of anilines is 1. The van der Waals surface area contributed by atoms with Crippen LogP contribution in [0.25, 0.3) is 0 Å². The zero-order valence-corrected chi connectivity index (χ0v) is 16.5. The van der Waals surface area contributed by atoms with Crippen molar-refractivity contribution in [1.29, 1.82) is 0 Å². The number of nitrogens with one attached hydrogen (secondary N) is 1. The Bertz CT molecular complexity index is 725. The number of rotatable bonds is 7. The molecule has 0 aliphatic carbocycles. The summed E-state index contributed by atoms with van der Waals surface area (Å²) in [5.41, 5.74) is 2.35. The minimum Gasteiger partial charge on any atom is -0.481 e. The molecule has 27 heavy (non-hydrogen) atoms. The zero-order valence-electron chi connectivity index (χ0n) is 15.8. The van der Waals surface area contributed by atoms with Gasteiger partial charge in [0.05, 0.1) is 0 Å². The highest BCUT2D eigenvalue weighted by molar-refractivity contribution is 6.30. The number of nitrogens with zero attached hydrogens (tertiary/aromatic N) is 1. The van der Waals surface area contributed by atoms with E-state index in [1.54, 1.807) is 24.3 Å². The van der Waals surface area contributed by atoms with Crippen molar-refractivity contribution >= 4 is 23.2 Å². The maximum absolute atomic E-state index is 12.5. The second-order valence-electron chi connectivity index (χ2n) is 6.90. The van der Waals surface area contributed by atoms with Crippen molar-refractivity contribution < 1.29 is 9.53 Å². The lowest BCUT2D eigenvalue weighted by Crippen LogP contribution is -2.37. The van der Waals surface area contributed by atoms with Gasteiger partial charge in [0.15, 0.2) is 6.10 Å². The molecular formula is C22H27ClN2O2. The first-order valence-corrected chi connectivity index (χ1v) is 10.1. The lowest BCUT2D eigenvalue weighted by Gasteiger charge is -2.28. The normalized spacial score (nSPS) is 15.3. The van der Waals surface area contributed by atoms with Gasteiger partial charge in [-0.2, -0.15) is 0 Å². The molecule has 0 saturated carbocycles. The van der Waals surface area contributed by atoms with E-state index in [0.717, 1.165) is 18.7 Å². The molecule has 0 radical (unpaired) electrons. The van der Waals surface area contributed by atoms with Gasteiger partial charge in [0.25, 0.3) is 5.91 Å². The number of piperidine rings is 1. The topological polar surface area (TPSA) is 41.6 Å². The molecule has 5 heteroatoms. The van der Waals surface area contributed by atoms with E-state index in [9.17, 15) is 4.79 Å². The first-order valence-electron chi connectivity index (χ1n) is 9.69. The Labute approximate surface area is 166 Å². The lowest BCUT2D eigenvalue weighted by molar-refractivity contribution is -0.128. The van der Waals surface area contributed by atoms with E-state index in [-0.39, 0.29) is 5.91 Å². The Morgan fingerprint density at radius 1 is 1.07 bits per heavy atom. The standard InChI is InChI=1S/C22H27ClN2O2/c1-2-21(27-20-12-8-18(23)9-13-20)22(26)24-16-17-6-10-19(11-7-17)25-14-4-3-5-15-25/h6-13,21H,2-5,14-16H2,1H3,(H,24,26)/t21-/m0/s1. The van der Waals surface area contributed by atoms with Crippen LogP contribution in [0, 0.1) is 0 Å². The summed E-state index contributed by atoms with van der Waals surface area (Å²) >= 11 is 5.88. The average Bonchev–Trinajstić information content (AvgIpc) is 2.72. The number of hydrogen-bond acceptors (Lipinski definition) is 3. The molecule has 1 heterocycles. The third kappa shape index (κ3) is 5.64. The molecular weight excluding hydrogens is 360 g/mol. The number of ether oxygens (including phenoxy) is 1. The minimum atomic E-state index is -0.515. The van der Waals surface area contributed by atoms with E-state index < -0.39 is 6.10 Å². The predicted molar refractivity (Wildman–Crippen MR) is 111 cm³/mol. The molecule has 0 spiro atoms. The smallest absolute Gasteiger partial charge is 0.261 e. The fraction of sp³-hybridized carbons (Fsp3) is 0.409. The van der Waals surface area contributed by atoms with Crippen molar-refractivity contribution in [2.24, 2.45) is 0 Å². The maximum atomic E-state index is 12.5. The largest absolute Gasteiger partial charge is 0.481 e. The van der Waals surface area contributed by atoms with Crippen molar-refractivity contribution in [3.63, 3.8) is 0 Å². The quantitative estimate of drug-likeness (QED) is 0.742. The van der Waals surface area contributed by atoms with Crippen LogP contribution in [0.1, 0.15) is 38.2 Å². The van der Waals surface area contributed by atoms with Gasteiger partial charge in [0.1, 0.15) is 5.75 Å². The molecule has 1 aliphatic heterocycles. The van der Waals surface area contributed by atoms with Crippen LogP contribution in [0.15, 0.2) is 48.5 Å². The summed E-state index contributed by atoms with van der Waals surface area (Å²) in [6.07, 6.45) is 3.95. The Morgan fingerprint density at radius 3 is 2.37 bits per heavy atom. The molecule has 1 fully saturated rings. The SMILES string of the molecule is CC[C@H](Oc1ccc(Cl)cc1)C(=O)NCc1ccc(N2CCCCC2)cc1. The highest BCUT2D eigenvalue weighted by Gasteiger charge is 2.18. The Hall–Kier alpha value is -2.20. The monoisotopic (exact) mass is 386 g/mol. The number of hydrogen-bond donors (Lipinski definition) is 1. The van der Waals surface area contributed by atoms with Crippen molar-refractivity contribution in [2.75, 3.05) is 18.0 Å². The molecule has 3 rings (SSSR count). The average molecular weight is 387 g/mol. The van der Waals surface area contributed by atoms with Crippen LogP contribution < -0.4 is 15.0 Å². The first kappa shape index (κ1) is 19.6. The van der Waals surface area contributed by atoms with Crippen LogP contribution in [0.2, 0.25) is 5.02 Å². The molecule has 1 saturated heterocycles. The third-order valence-electron chi connectivity index (χ3n) is 4.88. The van der Waals surface area contributed by atoms with Gasteiger partial charge < -0.3 is 15.0 Å². The molecule has 1 amide bonds. The third-order valence-corrected chi connectivity index (χ3v) is 5.13. The molecule has 2 aromatic rings. The van der Waals surface area contributed by atoms with Gasteiger partial charge in [0.2, 0.25) is 0 Å². The van der Waals surface area contributed by atoms with Gasteiger partial charge in [-0.1, -0.05) is 30.7 Å². The van der Waals surface area contributed by atoms with Crippen molar-refractivity contribution in [3.05, 3.63) is 59.1 Å². The summed E-state index contributed by atoms with van der Waals surface area (Å²) in [7, 11) is 0. The van der Waals surface area contributed by atoms with Crippen LogP contribution in [0.5, 0.6) is 5.75 Å². The predicted octanol–water partition coefficient (Wildman–Crippen LogP) is 4.80. The summed E-state index contributed by atoms with van der Waals surface area (Å²) in [4.78, 5) is 14.9. The summed E-state index contributed by atoms with van der Waals surface area (Å²) < 4.78 is 5.79. The van der Waals surface area contributed by atoms with Crippen LogP contribution in [-0.4, -0.2) is 25.1 Å². The van der Waals surface area contributed by atoms with Gasteiger partial charge in [-0.25, -0.2) is 0 Å². The molecule has 1 N–H and O–H groups in total. The zero-order chi connectivity index (χ0) is 19.1. The van der Waals surface area contributed by atoms with E-state index in [4.69, 9.17) is 16.3 Å². The Balaban J connectivity index is 1.51. The molecule has 1 aliphatic rings. The highest BCUT2D eigenvalue weighted by atomic mass is 35.5. The molecule has 4 nitrogen and oxygen atoms in total. The van der Waals surface area contributed by atoms with Gasteiger partial charge >= 0.3 is 0 Å². The lowest BCUT2D eigenvalue weighted by atomic mass is 10.1. The van der Waals surface area contributed by atoms with E-state index in [1.165, 1.54) is 24.9 Å². The number of halogens is 1. The minimum absolute atomic E-state index is 0.104. The molecule has 0 unspecified atom stereocenters. The highest BCUT2D eigenvalue weighted by Crippen LogP contribution is 2.20. The van der Waals surface area contributed by atoms with E-state index >= 15 is 0 Å². The first-order chi connectivity index (χ1) is 13.2. The molecule has 144 valence electrons. The molecule has 1 atom stereocenters. The second kappa shape index (κ2) is 9.65. The Morgan fingerprint density at radius 2 is 1.74 bits per heavy atom. The van der Waals surface area contributed by atoms with Crippen LogP contribution in [0.4, 0.5) is 5.69 Å². The van der Waals surface area contributed by atoms with E-state index in [1.807, 2.05) is 6.92 Å². The summed E-state index contributed by atoms with van der Waals surface area (Å²) in [6, 6.07) is 15.5. The van der Waals surface area contributed by atoms with Gasteiger partial charge in [0, 0.05) is 30.3 Å². The summed E-state index contributed by atoms with van der Waals surface area (Å²) in [5.74, 6) is 0.542. The second-order valence-corrected chi connectivity index (χ2v) is 7.34.